The Hall–Kier alpha value is -3.08. The monoisotopic (exact) mass is 350 g/mol. The Labute approximate surface area is 153 Å². The van der Waals surface area contributed by atoms with Gasteiger partial charge in [-0.15, -0.1) is 0 Å². The summed E-state index contributed by atoms with van der Waals surface area (Å²) in [5.41, 5.74) is 2.95. The molecule has 2 aromatic carbocycles. The molecule has 0 bridgehead atoms. The fraction of sp³-hybridized carbons (Fsp3) is 0.238. The lowest BCUT2D eigenvalue weighted by Gasteiger charge is -2.09. The number of nitrogens with zero attached hydrogens (tertiary/aromatic N) is 1. The fourth-order valence-electron chi connectivity index (χ4n) is 2.60. The molecule has 0 fully saturated rings. The highest BCUT2D eigenvalue weighted by molar-refractivity contribution is 6.05. The molecular weight excluding hydrogens is 328 g/mol. The van der Waals surface area contributed by atoms with Crippen LogP contribution in [0.5, 0.6) is 11.5 Å². The van der Waals surface area contributed by atoms with Gasteiger partial charge in [0.2, 0.25) is 0 Å². The molecule has 0 saturated heterocycles. The lowest BCUT2D eigenvalue weighted by atomic mass is 10.0. The average Bonchev–Trinajstić information content (AvgIpc) is 3.00. The molecule has 26 heavy (non-hydrogen) atoms. The van der Waals surface area contributed by atoms with Gasteiger partial charge in [-0.25, -0.2) is 0 Å². The molecule has 0 spiro atoms. The van der Waals surface area contributed by atoms with Gasteiger partial charge in [0.05, 0.1) is 5.69 Å². The maximum absolute atomic E-state index is 12.6. The van der Waals surface area contributed by atoms with Crippen LogP contribution >= 0.6 is 0 Å². The van der Waals surface area contributed by atoms with Crippen molar-refractivity contribution in [3.8, 4) is 11.5 Å². The minimum absolute atomic E-state index is 0.0854. The molecular formula is C21H22N2O3. The zero-order valence-electron chi connectivity index (χ0n) is 15.4. The van der Waals surface area contributed by atoms with E-state index in [1.165, 1.54) is 5.56 Å². The van der Waals surface area contributed by atoms with Crippen molar-refractivity contribution < 1.29 is 14.1 Å². The summed E-state index contributed by atoms with van der Waals surface area (Å²) in [4.78, 5) is 12.6. The van der Waals surface area contributed by atoms with Crippen molar-refractivity contribution >= 4 is 11.6 Å². The van der Waals surface area contributed by atoms with E-state index in [4.69, 9.17) is 9.26 Å². The molecule has 0 aliphatic rings. The molecule has 134 valence electrons. The Morgan fingerprint density at radius 3 is 2.15 bits per heavy atom. The average molecular weight is 350 g/mol. The second kappa shape index (κ2) is 7.44. The number of aromatic nitrogens is 1. The van der Waals surface area contributed by atoms with Crippen LogP contribution < -0.4 is 10.1 Å². The van der Waals surface area contributed by atoms with Crippen LogP contribution in [0.4, 0.5) is 5.69 Å². The predicted molar refractivity (Wildman–Crippen MR) is 101 cm³/mol. The molecule has 3 rings (SSSR count). The van der Waals surface area contributed by atoms with Crippen LogP contribution in [0.3, 0.4) is 0 Å². The Kier molecular flexibility index (Phi) is 5.07. The molecule has 5 nitrogen and oxygen atoms in total. The third kappa shape index (κ3) is 3.94. The van der Waals surface area contributed by atoms with Gasteiger partial charge in [-0.1, -0.05) is 36.7 Å². The minimum atomic E-state index is -0.223. The molecule has 1 N–H and O–H groups in total. The molecule has 0 atom stereocenters. The molecule has 0 saturated carbocycles. The predicted octanol–water partition coefficient (Wildman–Crippen LogP) is 5.46. The van der Waals surface area contributed by atoms with Crippen molar-refractivity contribution in [2.24, 2.45) is 0 Å². The van der Waals surface area contributed by atoms with Crippen LogP contribution in [0.15, 0.2) is 53.1 Å². The molecule has 1 heterocycles. The van der Waals surface area contributed by atoms with Crippen molar-refractivity contribution in [1.29, 1.82) is 0 Å². The number of amides is 1. The van der Waals surface area contributed by atoms with Crippen molar-refractivity contribution in [2.75, 3.05) is 5.32 Å². The van der Waals surface area contributed by atoms with Gasteiger partial charge in [0.15, 0.2) is 5.76 Å². The number of aryl methyl sites for hydroxylation is 2. The number of carbonyl (C=O) groups is 1. The van der Waals surface area contributed by atoms with Gasteiger partial charge < -0.3 is 14.6 Å². The quantitative estimate of drug-likeness (QED) is 0.663. The first kappa shape index (κ1) is 17.7. The summed E-state index contributed by atoms with van der Waals surface area (Å²) < 4.78 is 11.1. The fourth-order valence-corrected chi connectivity index (χ4v) is 2.60. The number of anilines is 1. The summed E-state index contributed by atoms with van der Waals surface area (Å²) in [5, 5.41) is 6.80. The summed E-state index contributed by atoms with van der Waals surface area (Å²) in [5.74, 6) is 1.94. The van der Waals surface area contributed by atoms with Crippen LogP contribution in [0.25, 0.3) is 0 Å². The highest BCUT2D eigenvalue weighted by Crippen LogP contribution is 2.25. The van der Waals surface area contributed by atoms with Crippen LogP contribution in [0.2, 0.25) is 0 Å². The molecule has 5 heteroatoms. The van der Waals surface area contributed by atoms with Crippen LogP contribution in [0.1, 0.15) is 47.1 Å². The normalized spacial score (nSPS) is 10.8. The van der Waals surface area contributed by atoms with Crippen molar-refractivity contribution in [3.05, 3.63) is 71.1 Å². The molecule has 0 unspecified atom stereocenters. The maximum atomic E-state index is 12.6. The van der Waals surface area contributed by atoms with E-state index < -0.39 is 0 Å². The second-order valence-corrected chi connectivity index (χ2v) is 6.56. The zero-order chi connectivity index (χ0) is 18.7. The Balaban J connectivity index is 1.70. The van der Waals surface area contributed by atoms with Gasteiger partial charge in [-0.2, -0.15) is 0 Å². The number of hydrogen-bond donors (Lipinski definition) is 1. The molecule has 0 aliphatic heterocycles. The van der Waals surface area contributed by atoms with Crippen LogP contribution in [0, 0.1) is 13.8 Å². The first-order valence-corrected chi connectivity index (χ1v) is 8.56. The maximum Gasteiger partial charge on any atom is 0.261 e. The largest absolute Gasteiger partial charge is 0.457 e. The van der Waals surface area contributed by atoms with Crippen molar-refractivity contribution in [2.45, 2.75) is 33.6 Å². The van der Waals surface area contributed by atoms with E-state index in [1.807, 2.05) is 57.2 Å². The van der Waals surface area contributed by atoms with E-state index in [0.717, 1.165) is 5.75 Å². The Bertz CT molecular complexity index is 894. The van der Waals surface area contributed by atoms with Gasteiger partial charge in [-0.05, 0) is 50.2 Å². The lowest BCUT2D eigenvalue weighted by Crippen LogP contribution is -2.14. The Morgan fingerprint density at radius 2 is 1.58 bits per heavy atom. The summed E-state index contributed by atoms with van der Waals surface area (Å²) in [6, 6.07) is 15.1. The molecule has 0 radical (unpaired) electrons. The highest BCUT2D eigenvalue weighted by Gasteiger charge is 2.22. The van der Waals surface area contributed by atoms with Crippen molar-refractivity contribution in [3.63, 3.8) is 0 Å². The first-order valence-electron chi connectivity index (χ1n) is 8.56. The summed E-state index contributed by atoms with van der Waals surface area (Å²) in [6.45, 7) is 7.73. The lowest BCUT2D eigenvalue weighted by molar-refractivity contribution is 0.102. The standard InChI is InChI=1S/C21H22N2O3/c1-13(2)20-19(15(4)23-26-20)21(24)22-16-7-11-18(12-8-16)25-17-9-5-14(3)6-10-17/h5-13H,1-4H3,(H,22,24). The number of hydrogen-bond acceptors (Lipinski definition) is 4. The van der Waals surface area contributed by atoms with Gasteiger partial charge >= 0.3 is 0 Å². The number of carbonyl (C=O) groups excluding carboxylic acids is 1. The SMILES string of the molecule is Cc1ccc(Oc2ccc(NC(=O)c3c(C)noc3C(C)C)cc2)cc1. The molecule has 1 aromatic heterocycles. The summed E-state index contributed by atoms with van der Waals surface area (Å²) >= 11 is 0. The zero-order valence-corrected chi connectivity index (χ0v) is 15.4. The van der Waals surface area contributed by atoms with Gasteiger partial charge in [0.1, 0.15) is 17.1 Å². The van der Waals surface area contributed by atoms with Gasteiger partial charge in [0, 0.05) is 11.6 Å². The molecule has 0 aliphatic carbocycles. The third-order valence-corrected chi connectivity index (χ3v) is 4.01. The van der Waals surface area contributed by atoms with Gasteiger partial charge in [-0.3, -0.25) is 4.79 Å². The Morgan fingerprint density at radius 1 is 1.00 bits per heavy atom. The topological polar surface area (TPSA) is 64.4 Å². The van der Waals surface area contributed by atoms with Gasteiger partial charge in [0.25, 0.3) is 5.91 Å². The van der Waals surface area contributed by atoms with E-state index in [-0.39, 0.29) is 11.8 Å². The first-order chi connectivity index (χ1) is 12.4. The second-order valence-electron chi connectivity index (χ2n) is 6.56. The number of rotatable bonds is 5. The van der Waals surface area contributed by atoms with E-state index in [0.29, 0.717) is 28.5 Å². The van der Waals surface area contributed by atoms with E-state index in [2.05, 4.69) is 10.5 Å². The van der Waals surface area contributed by atoms with Crippen LogP contribution in [-0.2, 0) is 0 Å². The molecule has 1 amide bonds. The van der Waals surface area contributed by atoms with E-state index in [9.17, 15) is 4.79 Å². The number of nitrogens with one attached hydrogen (secondary N) is 1. The van der Waals surface area contributed by atoms with Crippen molar-refractivity contribution in [1.82, 2.24) is 5.16 Å². The molecule has 3 aromatic rings. The van der Waals surface area contributed by atoms with E-state index in [1.54, 1.807) is 19.1 Å². The number of benzene rings is 2. The van der Waals surface area contributed by atoms with E-state index >= 15 is 0 Å². The third-order valence-electron chi connectivity index (χ3n) is 4.01. The summed E-state index contributed by atoms with van der Waals surface area (Å²) in [6.07, 6.45) is 0. The highest BCUT2D eigenvalue weighted by atomic mass is 16.5. The number of ether oxygens (including phenoxy) is 1. The smallest absolute Gasteiger partial charge is 0.261 e. The minimum Gasteiger partial charge on any atom is -0.457 e. The van der Waals surface area contributed by atoms with Crippen LogP contribution in [-0.4, -0.2) is 11.1 Å². The summed E-state index contributed by atoms with van der Waals surface area (Å²) in [7, 11) is 0.